The molecule has 0 amide bonds. The summed E-state index contributed by atoms with van der Waals surface area (Å²) in [6.45, 7) is 0. The zero-order valence-corrected chi connectivity index (χ0v) is 26.0. The van der Waals surface area contributed by atoms with Gasteiger partial charge in [-0.25, -0.2) is 4.98 Å². The Morgan fingerprint density at radius 3 is 1.88 bits per heavy atom. The van der Waals surface area contributed by atoms with Gasteiger partial charge in [-0.05, 0) is 76.3 Å². The van der Waals surface area contributed by atoms with Gasteiger partial charge in [0, 0.05) is 27.9 Å². The molecule has 2 aliphatic rings. The third kappa shape index (κ3) is 3.63. The van der Waals surface area contributed by atoms with Gasteiger partial charge in [-0.3, -0.25) is 4.57 Å². The number of rotatable bonds is 3. The third-order valence-electron chi connectivity index (χ3n) is 10.0. The van der Waals surface area contributed by atoms with E-state index in [1.165, 1.54) is 22.3 Å². The number of nitrogens with zero attached hydrogens (tertiary/aromatic N) is 2. The van der Waals surface area contributed by atoms with Crippen molar-refractivity contribution in [1.29, 1.82) is 0 Å². The first-order valence-corrected chi connectivity index (χ1v) is 16.3. The summed E-state index contributed by atoms with van der Waals surface area (Å²) in [6.07, 6.45) is 0. The normalized spacial score (nSPS) is 13.4. The number of ether oxygens (including phenoxy) is 1. The van der Waals surface area contributed by atoms with Gasteiger partial charge in [-0.1, -0.05) is 115 Å². The molecule has 1 spiro atoms. The van der Waals surface area contributed by atoms with Crippen molar-refractivity contribution in [1.82, 2.24) is 9.55 Å². The van der Waals surface area contributed by atoms with Crippen LogP contribution in [0.4, 0.5) is 5.69 Å². The lowest BCUT2D eigenvalue weighted by Crippen LogP contribution is -2.32. The quantitative estimate of drug-likeness (QED) is 0.201. The summed E-state index contributed by atoms with van der Waals surface area (Å²) in [4.78, 5) is 5.24. The number of aromatic nitrogens is 2. The van der Waals surface area contributed by atoms with Crippen LogP contribution in [-0.4, -0.2) is 9.55 Å². The molecule has 8 aromatic rings. The fraction of sp³-hybridized carbons (Fsp3) is 0.0227. The summed E-state index contributed by atoms with van der Waals surface area (Å²) in [7, 11) is 0. The predicted molar refractivity (Wildman–Crippen MR) is 194 cm³/mol. The smallest absolute Gasteiger partial charge is 0.145 e. The van der Waals surface area contributed by atoms with E-state index in [1.54, 1.807) is 0 Å². The van der Waals surface area contributed by atoms with Crippen LogP contribution in [0.1, 0.15) is 22.3 Å². The molecule has 0 radical (unpaired) electrons. The largest absolute Gasteiger partial charge is 0.457 e. The molecule has 48 heavy (non-hydrogen) atoms. The van der Waals surface area contributed by atoms with E-state index in [1.807, 2.05) is 18.2 Å². The van der Waals surface area contributed by atoms with Crippen molar-refractivity contribution < 1.29 is 4.74 Å². The molecule has 4 nitrogen and oxygen atoms in total. The summed E-state index contributed by atoms with van der Waals surface area (Å²) in [5, 5.41) is 0. The van der Waals surface area contributed by atoms with Crippen LogP contribution in [-0.2, 0) is 5.41 Å². The molecule has 10 rings (SSSR count). The van der Waals surface area contributed by atoms with Gasteiger partial charge in [0.2, 0.25) is 0 Å². The Hall–Kier alpha value is -6.39. The van der Waals surface area contributed by atoms with Crippen LogP contribution in [0.15, 0.2) is 164 Å². The van der Waals surface area contributed by atoms with Gasteiger partial charge in [-0.2, -0.15) is 0 Å². The minimum absolute atomic E-state index is 0.588. The Labute approximate surface area is 278 Å². The molecule has 0 fully saturated rings. The van der Waals surface area contributed by atoms with Gasteiger partial charge in [0.25, 0.3) is 0 Å². The molecular formula is C44H29N3O. The lowest BCUT2D eigenvalue weighted by Gasteiger charge is -2.39. The van der Waals surface area contributed by atoms with Crippen molar-refractivity contribution >= 4 is 16.7 Å². The van der Waals surface area contributed by atoms with Crippen molar-refractivity contribution in [2.75, 3.05) is 5.73 Å². The molecule has 0 unspecified atom stereocenters. The van der Waals surface area contributed by atoms with E-state index in [0.717, 1.165) is 67.5 Å². The van der Waals surface area contributed by atoms with Gasteiger partial charge in [0.1, 0.15) is 17.3 Å². The average Bonchev–Trinajstić information content (AvgIpc) is 3.66. The maximum atomic E-state index is 6.61. The Balaban J connectivity index is 1.39. The first-order chi connectivity index (χ1) is 23.7. The van der Waals surface area contributed by atoms with E-state index >= 15 is 0 Å². The van der Waals surface area contributed by atoms with Crippen molar-refractivity contribution in [3.63, 3.8) is 0 Å². The molecule has 0 saturated carbocycles. The zero-order valence-electron chi connectivity index (χ0n) is 26.0. The molecule has 0 saturated heterocycles. The Kier molecular flexibility index (Phi) is 5.61. The van der Waals surface area contributed by atoms with E-state index < -0.39 is 5.41 Å². The minimum atomic E-state index is -0.588. The number of anilines is 1. The molecular weight excluding hydrogens is 587 g/mol. The first-order valence-electron chi connectivity index (χ1n) is 16.3. The summed E-state index contributed by atoms with van der Waals surface area (Å²) in [5.74, 6) is 2.65. The Morgan fingerprint density at radius 2 is 1.12 bits per heavy atom. The first kappa shape index (κ1) is 26.8. The number of fused-ring (bicyclic) bond motifs is 10. The SMILES string of the molecule is Nc1ccc(-c2cc3c(cc2-n2c(-c4ccccc4)nc4ccccc42)C2(c4ccccc4Oc4ccccc42)c2ccccc2-3)cc1. The number of hydrogen-bond acceptors (Lipinski definition) is 3. The topological polar surface area (TPSA) is 53.1 Å². The second-order valence-electron chi connectivity index (χ2n) is 12.6. The molecule has 1 aliphatic carbocycles. The van der Waals surface area contributed by atoms with E-state index in [2.05, 4.69) is 150 Å². The summed E-state index contributed by atoms with van der Waals surface area (Å²) in [5.41, 5.74) is 19.8. The standard InChI is InChI=1S/C44H29N3O/c45-30-24-22-28(23-25-30)32-26-33-31-14-4-5-15-34(31)44(35-16-6-10-20-41(35)48-42-21-11-7-17-36(42)44)37(33)27-40(32)47-39-19-9-8-18-38(39)46-43(47)29-12-2-1-3-13-29/h1-27H,45H2. The van der Waals surface area contributed by atoms with Crippen LogP contribution in [0.5, 0.6) is 11.5 Å². The van der Waals surface area contributed by atoms with Crippen molar-refractivity contribution in [2.24, 2.45) is 0 Å². The Morgan fingerprint density at radius 1 is 0.500 bits per heavy atom. The molecule has 1 aliphatic heterocycles. The zero-order chi connectivity index (χ0) is 31.8. The number of nitrogens with two attached hydrogens (primary N) is 1. The van der Waals surface area contributed by atoms with Crippen LogP contribution in [0, 0.1) is 0 Å². The minimum Gasteiger partial charge on any atom is -0.457 e. The monoisotopic (exact) mass is 615 g/mol. The Bertz CT molecular complexity index is 2500. The van der Waals surface area contributed by atoms with E-state index in [9.17, 15) is 0 Å². The number of imidazole rings is 1. The van der Waals surface area contributed by atoms with Crippen LogP contribution >= 0.6 is 0 Å². The second-order valence-corrected chi connectivity index (χ2v) is 12.6. The highest BCUT2D eigenvalue weighted by Gasteiger charge is 2.51. The molecule has 2 N–H and O–H groups in total. The summed E-state index contributed by atoms with van der Waals surface area (Å²) in [6, 6.07) is 57.7. The highest BCUT2D eigenvalue weighted by Crippen LogP contribution is 2.63. The van der Waals surface area contributed by atoms with Crippen molar-refractivity contribution in [3.05, 3.63) is 186 Å². The van der Waals surface area contributed by atoms with Crippen LogP contribution < -0.4 is 10.5 Å². The van der Waals surface area contributed by atoms with Gasteiger partial charge >= 0.3 is 0 Å². The number of nitrogen functional groups attached to an aromatic ring is 1. The second kappa shape index (κ2) is 10.1. The summed E-state index contributed by atoms with van der Waals surface area (Å²) >= 11 is 0. The van der Waals surface area contributed by atoms with E-state index in [-0.39, 0.29) is 0 Å². The lowest BCUT2D eigenvalue weighted by molar-refractivity contribution is 0.436. The highest BCUT2D eigenvalue weighted by atomic mass is 16.5. The maximum Gasteiger partial charge on any atom is 0.145 e. The fourth-order valence-electron chi connectivity index (χ4n) is 8.02. The number of benzene rings is 7. The van der Waals surface area contributed by atoms with E-state index in [0.29, 0.717) is 0 Å². The number of para-hydroxylation sites is 4. The van der Waals surface area contributed by atoms with Gasteiger partial charge in [0.05, 0.1) is 22.1 Å². The number of hydrogen-bond donors (Lipinski definition) is 1. The highest BCUT2D eigenvalue weighted by molar-refractivity contribution is 5.95. The van der Waals surface area contributed by atoms with E-state index in [4.69, 9.17) is 15.5 Å². The average molecular weight is 616 g/mol. The molecule has 7 aromatic carbocycles. The van der Waals surface area contributed by atoms with Crippen molar-refractivity contribution in [3.8, 4) is 50.8 Å². The molecule has 2 heterocycles. The van der Waals surface area contributed by atoms with Crippen LogP contribution in [0.3, 0.4) is 0 Å². The fourth-order valence-corrected chi connectivity index (χ4v) is 8.02. The molecule has 1 aromatic heterocycles. The van der Waals surface area contributed by atoms with Gasteiger partial charge in [0.15, 0.2) is 0 Å². The maximum absolute atomic E-state index is 6.61. The van der Waals surface area contributed by atoms with Gasteiger partial charge < -0.3 is 10.5 Å². The molecule has 0 bridgehead atoms. The summed E-state index contributed by atoms with van der Waals surface area (Å²) < 4.78 is 8.95. The van der Waals surface area contributed by atoms with Gasteiger partial charge in [-0.15, -0.1) is 0 Å². The molecule has 0 atom stereocenters. The van der Waals surface area contributed by atoms with Crippen LogP contribution in [0.2, 0.25) is 0 Å². The van der Waals surface area contributed by atoms with Crippen LogP contribution in [0.25, 0.3) is 50.4 Å². The molecule has 4 heteroatoms. The van der Waals surface area contributed by atoms with Crippen molar-refractivity contribution in [2.45, 2.75) is 5.41 Å². The lowest BCUT2D eigenvalue weighted by atomic mass is 9.66. The molecule has 226 valence electrons. The third-order valence-corrected chi connectivity index (χ3v) is 10.0. The predicted octanol–water partition coefficient (Wildman–Crippen LogP) is 10.4.